The molecule has 14 heavy (non-hydrogen) atoms. The van der Waals surface area contributed by atoms with Crippen LogP contribution in [0, 0.1) is 0 Å². The van der Waals surface area contributed by atoms with Crippen molar-refractivity contribution in [1.29, 1.82) is 0 Å². The van der Waals surface area contributed by atoms with Crippen LogP contribution < -0.4 is 0 Å². The Hall–Kier alpha value is -0.950. The number of halogens is 1. The van der Waals surface area contributed by atoms with Gasteiger partial charge in [0.2, 0.25) is 0 Å². The van der Waals surface area contributed by atoms with E-state index in [-0.39, 0.29) is 5.41 Å². The van der Waals surface area contributed by atoms with Crippen LogP contribution in [0.2, 0.25) is 5.02 Å². The maximum Gasteiger partial charge on any atom is 0.0492 e. The van der Waals surface area contributed by atoms with Gasteiger partial charge in [-0.15, -0.1) is 0 Å². The molecule has 2 rings (SSSR count). The molecule has 0 amide bonds. The molecule has 1 nitrogen and oxygen atoms in total. The minimum absolute atomic E-state index is 0.119. The van der Waals surface area contributed by atoms with Gasteiger partial charge in [-0.05, 0) is 29.2 Å². The second kappa shape index (κ2) is 3.03. The molecule has 0 aliphatic rings. The number of hydrogen-bond donors (Lipinski definition) is 1. The second-order valence-electron chi connectivity index (χ2n) is 4.65. The predicted octanol–water partition coefficient (Wildman–Crippen LogP) is 4.12. The summed E-state index contributed by atoms with van der Waals surface area (Å²) in [6.45, 7) is 6.58. The van der Waals surface area contributed by atoms with Crippen LogP contribution in [0.1, 0.15) is 26.3 Å². The van der Waals surface area contributed by atoms with Crippen molar-refractivity contribution in [3.8, 4) is 0 Å². The third-order valence-corrected chi connectivity index (χ3v) is 2.65. The van der Waals surface area contributed by atoms with Crippen LogP contribution in [-0.2, 0) is 5.41 Å². The fourth-order valence-corrected chi connectivity index (χ4v) is 1.95. The summed E-state index contributed by atoms with van der Waals surface area (Å²) < 4.78 is 0. The Bertz CT molecular complexity index is 463. The lowest BCUT2D eigenvalue weighted by Gasteiger charge is -2.20. The Morgan fingerprint density at radius 3 is 2.57 bits per heavy atom. The first kappa shape index (κ1) is 9.60. The normalized spacial score (nSPS) is 12.3. The molecule has 0 fully saturated rings. The molecular weight excluding hydrogens is 194 g/mol. The Balaban J connectivity index is 2.80. The molecule has 0 bridgehead atoms. The standard InChI is InChI=1S/C12H14ClN/c1-12(2,3)10-7-9(13)6-8-4-5-14-11(8)10/h4-7,14H,1-3H3. The molecule has 2 aromatic rings. The first-order valence-corrected chi connectivity index (χ1v) is 5.13. The summed E-state index contributed by atoms with van der Waals surface area (Å²) in [7, 11) is 0. The van der Waals surface area contributed by atoms with Crippen molar-refractivity contribution in [1.82, 2.24) is 4.98 Å². The van der Waals surface area contributed by atoms with Gasteiger partial charge in [-0.3, -0.25) is 0 Å². The average Bonchev–Trinajstić information content (AvgIpc) is 2.47. The number of H-pyrrole nitrogens is 1. The van der Waals surface area contributed by atoms with E-state index in [4.69, 9.17) is 11.6 Å². The van der Waals surface area contributed by atoms with Crippen molar-refractivity contribution < 1.29 is 0 Å². The lowest BCUT2D eigenvalue weighted by atomic mass is 9.86. The van der Waals surface area contributed by atoms with E-state index in [1.165, 1.54) is 16.5 Å². The molecule has 2 heteroatoms. The van der Waals surface area contributed by atoms with E-state index in [0.29, 0.717) is 0 Å². The molecule has 0 spiro atoms. The zero-order chi connectivity index (χ0) is 10.3. The van der Waals surface area contributed by atoms with Gasteiger partial charge < -0.3 is 4.98 Å². The molecule has 0 saturated carbocycles. The largest absolute Gasteiger partial charge is 0.361 e. The molecule has 1 aromatic carbocycles. The van der Waals surface area contributed by atoms with Gasteiger partial charge in [0.15, 0.2) is 0 Å². The number of nitrogens with one attached hydrogen (secondary N) is 1. The minimum atomic E-state index is 0.119. The highest BCUT2D eigenvalue weighted by atomic mass is 35.5. The number of aromatic amines is 1. The number of aromatic nitrogens is 1. The van der Waals surface area contributed by atoms with Crippen molar-refractivity contribution >= 4 is 22.5 Å². The first-order chi connectivity index (χ1) is 6.48. The van der Waals surface area contributed by atoms with Gasteiger partial charge in [-0.1, -0.05) is 32.4 Å². The second-order valence-corrected chi connectivity index (χ2v) is 5.08. The van der Waals surface area contributed by atoms with Crippen LogP contribution in [0.25, 0.3) is 10.9 Å². The summed E-state index contributed by atoms with van der Waals surface area (Å²) in [6, 6.07) is 6.08. The Morgan fingerprint density at radius 1 is 1.21 bits per heavy atom. The highest BCUT2D eigenvalue weighted by Crippen LogP contribution is 2.31. The molecule has 0 radical (unpaired) electrons. The Labute approximate surface area is 89.1 Å². The van der Waals surface area contributed by atoms with Crippen molar-refractivity contribution in [2.75, 3.05) is 0 Å². The lowest BCUT2D eigenvalue weighted by molar-refractivity contribution is 0.595. The van der Waals surface area contributed by atoms with Crippen LogP contribution in [0.15, 0.2) is 24.4 Å². The number of fused-ring (bicyclic) bond motifs is 1. The van der Waals surface area contributed by atoms with Crippen LogP contribution in [0.5, 0.6) is 0 Å². The van der Waals surface area contributed by atoms with Gasteiger partial charge in [-0.25, -0.2) is 0 Å². The number of hydrogen-bond acceptors (Lipinski definition) is 0. The fraction of sp³-hybridized carbons (Fsp3) is 0.333. The van der Waals surface area contributed by atoms with Gasteiger partial charge in [0.1, 0.15) is 0 Å². The lowest BCUT2D eigenvalue weighted by Crippen LogP contribution is -2.11. The van der Waals surface area contributed by atoms with E-state index in [1.54, 1.807) is 0 Å². The van der Waals surface area contributed by atoms with Gasteiger partial charge in [-0.2, -0.15) is 0 Å². The van der Waals surface area contributed by atoms with E-state index in [1.807, 2.05) is 18.3 Å². The van der Waals surface area contributed by atoms with Gasteiger partial charge >= 0.3 is 0 Å². The van der Waals surface area contributed by atoms with Crippen LogP contribution >= 0.6 is 11.6 Å². The molecule has 0 unspecified atom stereocenters. The zero-order valence-electron chi connectivity index (χ0n) is 8.69. The van der Waals surface area contributed by atoms with Crippen LogP contribution in [-0.4, -0.2) is 4.98 Å². The fourth-order valence-electron chi connectivity index (χ4n) is 1.73. The van der Waals surface area contributed by atoms with E-state index in [9.17, 15) is 0 Å². The summed E-state index contributed by atoms with van der Waals surface area (Å²) >= 11 is 6.07. The summed E-state index contributed by atoms with van der Waals surface area (Å²) in [6.07, 6.45) is 1.95. The summed E-state index contributed by atoms with van der Waals surface area (Å²) in [5.74, 6) is 0. The SMILES string of the molecule is CC(C)(C)c1cc(Cl)cc2cc[nH]c12. The molecule has 1 aromatic heterocycles. The van der Waals surface area contributed by atoms with Gasteiger partial charge in [0.25, 0.3) is 0 Å². The van der Waals surface area contributed by atoms with Crippen molar-refractivity contribution in [2.24, 2.45) is 0 Å². The topological polar surface area (TPSA) is 15.8 Å². The molecular formula is C12H14ClN. The molecule has 1 N–H and O–H groups in total. The highest BCUT2D eigenvalue weighted by Gasteiger charge is 2.18. The Kier molecular flexibility index (Phi) is 2.07. The van der Waals surface area contributed by atoms with Gasteiger partial charge in [0, 0.05) is 22.1 Å². The van der Waals surface area contributed by atoms with E-state index in [2.05, 4.69) is 31.8 Å². The monoisotopic (exact) mass is 207 g/mol. The quantitative estimate of drug-likeness (QED) is 0.669. The van der Waals surface area contributed by atoms with Crippen molar-refractivity contribution in [3.63, 3.8) is 0 Å². The van der Waals surface area contributed by atoms with Gasteiger partial charge in [0.05, 0.1) is 0 Å². The molecule has 0 saturated heterocycles. The predicted molar refractivity (Wildman–Crippen MR) is 62.0 cm³/mol. The molecule has 74 valence electrons. The Morgan fingerprint density at radius 2 is 1.93 bits per heavy atom. The number of rotatable bonds is 0. The highest BCUT2D eigenvalue weighted by molar-refractivity contribution is 6.31. The van der Waals surface area contributed by atoms with E-state index < -0.39 is 0 Å². The van der Waals surface area contributed by atoms with Crippen LogP contribution in [0.4, 0.5) is 0 Å². The maximum absolute atomic E-state index is 6.07. The van der Waals surface area contributed by atoms with Crippen molar-refractivity contribution in [2.45, 2.75) is 26.2 Å². The third-order valence-electron chi connectivity index (χ3n) is 2.43. The minimum Gasteiger partial charge on any atom is -0.361 e. The molecule has 0 aliphatic carbocycles. The van der Waals surface area contributed by atoms with E-state index in [0.717, 1.165) is 5.02 Å². The third kappa shape index (κ3) is 1.53. The number of benzene rings is 1. The molecule has 1 heterocycles. The zero-order valence-corrected chi connectivity index (χ0v) is 9.44. The first-order valence-electron chi connectivity index (χ1n) is 4.75. The summed E-state index contributed by atoms with van der Waals surface area (Å²) in [5.41, 5.74) is 2.58. The average molecular weight is 208 g/mol. The smallest absolute Gasteiger partial charge is 0.0492 e. The molecule has 0 aliphatic heterocycles. The van der Waals surface area contributed by atoms with Crippen molar-refractivity contribution in [3.05, 3.63) is 35.0 Å². The maximum atomic E-state index is 6.07. The van der Waals surface area contributed by atoms with Crippen LogP contribution in [0.3, 0.4) is 0 Å². The summed E-state index contributed by atoms with van der Waals surface area (Å²) in [4.78, 5) is 3.26. The van der Waals surface area contributed by atoms with E-state index >= 15 is 0 Å². The summed E-state index contributed by atoms with van der Waals surface area (Å²) in [5, 5.41) is 1.99. The molecule has 0 atom stereocenters.